The average molecular weight is 407 g/mol. The van der Waals surface area contributed by atoms with E-state index < -0.39 is 0 Å². The highest BCUT2D eigenvalue weighted by Crippen LogP contribution is 2.24. The largest absolute Gasteiger partial charge is 0.368 e. The summed E-state index contributed by atoms with van der Waals surface area (Å²) in [5.74, 6) is 1.63. The van der Waals surface area contributed by atoms with Gasteiger partial charge in [0.1, 0.15) is 5.82 Å². The van der Waals surface area contributed by atoms with Crippen LogP contribution in [0.25, 0.3) is 17.0 Å². The lowest BCUT2D eigenvalue weighted by molar-refractivity contribution is -0.384. The molecule has 1 saturated heterocycles. The number of nitrogens with zero attached hydrogens (tertiary/aromatic N) is 7. The number of fused-ring (bicyclic) bond motifs is 1. The molecule has 1 aliphatic rings. The molecule has 0 spiro atoms. The van der Waals surface area contributed by atoms with Crippen molar-refractivity contribution in [2.75, 3.05) is 36.0 Å². The van der Waals surface area contributed by atoms with E-state index in [-0.39, 0.29) is 10.6 Å². The highest BCUT2D eigenvalue weighted by molar-refractivity contribution is 7.08. The Morgan fingerprint density at radius 3 is 2.38 bits per heavy atom. The van der Waals surface area contributed by atoms with Crippen molar-refractivity contribution in [1.82, 2.24) is 19.8 Å². The Hall–Kier alpha value is -3.53. The van der Waals surface area contributed by atoms with E-state index in [2.05, 4.69) is 20.0 Å². The quantitative estimate of drug-likeness (QED) is 0.379. The molecule has 0 amide bonds. The third-order valence-electron chi connectivity index (χ3n) is 5.06. The number of rotatable bonds is 4. The number of anilines is 2. The standard InChI is InChI=1S/C19H17N7O2S/c27-26(28)16-3-1-15(2-4-16)23-8-10-24(11-9-23)18-6-5-17-20-21-19(25(17)22-18)14-7-12-29-13-14/h1-7,12-13H,8-11H2. The zero-order chi connectivity index (χ0) is 19.8. The molecule has 0 bridgehead atoms. The fraction of sp³-hybridized carbons (Fsp3) is 0.211. The maximum Gasteiger partial charge on any atom is 0.269 e. The van der Waals surface area contributed by atoms with Crippen molar-refractivity contribution < 1.29 is 4.92 Å². The lowest BCUT2D eigenvalue weighted by atomic mass is 10.2. The number of nitro benzene ring substituents is 1. The molecule has 1 fully saturated rings. The number of benzene rings is 1. The number of piperazine rings is 1. The van der Waals surface area contributed by atoms with Crippen molar-refractivity contribution in [3.63, 3.8) is 0 Å². The van der Waals surface area contributed by atoms with Gasteiger partial charge < -0.3 is 9.80 Å². The maximum absolute atomic E-state index is 10.8. The predicted molar refractivity (Wildman–Crippen MR) is 112 cm³/mol. The molecule has 4 heterocycles. The van der Waals surface area contributed by atoms with Gasteiger partial charge in [-0.05, 0) is 35.7 Å². The second kappa shape index (κ2) is 7.13. The van der Waals surface area contributed by atoms with Crippen LogP contribution in [0.4, 0.5) is 17.2 Å². The van der Waals surface area contributed by atoms with Gasteiger partial charge in [-0.15, -0.1) is 15.3 Å². The highest BCUT2D eigenvalue weighted by atomic mass is 32.1. The van der Waals surface area contributed by atoms with E-state index in [0.29, 0.717) is 0 Å². The predicted octanol–water partition coefficient (Wildman–Crippen LogP) is 3.09. The molecule has 1 aromatic carbocycles. The van der Waals surface area contributed by atoms with Crippen LogP contribution in [-0.4, -0.2) is 50.9 Å². The Morgan fingerprint density at radius 2 is 1.69 bits per heavy atom. The molecule has 10 heteroatoms. The van der Waals surface area contributed by atoms with Crippen molar-refractivity contribution in [2.45, 2.75) is 0 Å². The van der Waals surface area contributed by atoms with E-state index >= 15 is 0 Å². The van der Waals surface area contributed by atoms with E-state index in [9.17, 15) is 10.1 Å². The number of aromatic nitrogens is 4. The van der Waals surface area contributed by atoms with E-state index in [1.54, 1.807) is 28.0 Å². The molecule has 0 radical (unpaired) electrons. The summed E-state index contributed by atoms with van der Waals surface area (Å²) in [4.78, 5) is 14.9. The molecular weight excluding hydrogens is 390 g/mol. The Morgan fingerprint density at radius 1 is 0.931 bits per heavy atom. The summed E-state index contributed by atoms with van der Waals surface area (Å²) in [6.45, 7) is 3.25. The van der Waals surface area contributed by atoms with E-state index in [1.807, 2.05) is 41.1 Å². The first-order chi connectivity index (χ1) is 14.2. The van der Waals surface area contributed by atoms with Crippen molar-refractivity contribution in [1.29, 1.82) is 0 Å². The van der Waals surface area contributed by atoms with Crippen LogP contribution in [0.3, 0.4) is 0 Å². The van der Waals surface area contributed by atoms with E-state index in [1.165, 1.54) is 0 Å². The number of non-ortho nitro benzene ring substituents is 1. The summed E-state index contributed by atoms with van der Waals surface area (Å²) in [7, 11) is 0. The van der Waals surface area contributed by atoms with Gasteiger partial charge in [0.05, 0.1) is 4.92 Å². The van der Waals surface area contributed by atoms with Gasteiger partial charge in [0.25, 0.3) is 5.69 Å². The fourth-order valence-electron chi connectivity index (χ4n) is 3.50. The van der Waals surface area contributed by atoms with Crippen LogP contribution < -0.4 is 9.80 Å². The highest BCUT2D eigenvalue weighted by Gasteiger charge is 2.20. The molecule has 0 aliphatic carbocycles. The monoisotopic (exact) mass is 407 g/mol. The van der Waals surface area contributed by atoms with Crippen molar-refractivity contribution >= 4 is 34.2 Å². The molecule has 9 nitrogen and oxygen atoms in total. The Labute approximate surface area is 170 Å². The van der Waals surface area contributed by atoms with Crippen LogP contribution >= 0.6 is 11.3 Å². The minimum atomic E-state index is -0.376. The van der Waals surface area contributed by atoms with Crippen LogP contribution in [0.1, 0.15) is 0 Å². The number of thiophene rings is 1. The smallest absolute Gasteiger partial charge is 0.269 e. The zero-order valence-corrected chi connectivity index (χ0v) is 16.2. The summed E-state index contributed by atoms with van der Waals surface area (Å²) >= 11 is 1.62. The normalized spacial score (nSPS) is 14.5. The summed E-state index contributed by atoms with van der Waals surface area (Å²) in [6, 6.07) is 12.6. The van der Waals surface area contributed by atoms with Crippen molar-refractivity contribution in [2.24, 2.45) is 0 Å². The SMILES string of the molecule is O=[N+]([O-])c1ccc(N2CCN(c3ccc4nnc(-c5ccsc5)n4n3)CC2)cc1. The van der Waals surface area contributed by atoms with Gasteiger partial charge in [0.15, 0.2) is 11.5 Å². The first kappa shape index (κ1) is 17.6. The third-order valence-corrected chi connectivity index (χ3v) is 5.74. The van der Waals surface area contributed by atoms with Gasteiger partial charge in [0, 0.05) is 54.9 Å². The van der Waals surface area contributed by atoms with Crippen LogP contribution in [0.15, 0.2) is 53.2 Å². The summed E-state index contributed by atoms with van der Waals surface area (Å²) < 4.78 is 1.79. The minimum Gasteiger partial charge on any atom is -0.368 e. The fourth-order valence-corrected chi connectivity index (χ4v) is 4.13. The molecular formula is C19H17N7O2S. The van der Waals surface area contributed by atoms with E-state index in [4.69, 9.17) is 5.10 Å². The first-order valence-electron chi connectivity index (χ1n) is 9.18. The molecule has 1 aliphatic heterocycles. The molecule has 29 heavy (non-hydrogen) atoms. The van der Waals surface area contributed by atoms with Crippen LogP contribution in [0.2, 0.25) is 0 Å². The topological polar surface area (TPSA) is 92.7 Å². The van der Waals surface area contributed by atoms with Crippen molar-refractivity contribution in [3.05, 3.63) is 63.3 Å². The Kier molecular flexibility index (Phi) is 4.32. The third kappa shape index (κ3) is 3.27. The maximum atomic E-state index is 10.8. The number of hydrogen-bond donors (Lipinski definition) is 0. The average Bonchev–Trinajstić information content (AvgIpc) is 3.43. The van der Waals surface area contributed by atoms with Gasteiger partial charge in [-0.2, -0.15) is 15.9 Å². The van der Waals surface area contributed by atoms with Crippen LogP contribution in [-0.2, 0) is 0 Å². The second-order valence-electron chi connectivity index (χ2n) is 6.74. The Balaban J connectivity index is 1.33. The molecule has 0 unspecified atom stereocenters. The summed E-state index contributed by atoms with van der Waals surface area (Å²) in [5, 5.41) is 28.1. The van der Waals surface area contributed by atoms with Gasteiger partial charge >= 0.3 is 0 Å². The molecule has 0 N–H and O–H groups in total. The summed E-state index contributed by atoms with van der Waals surface area (Å²) in [5.41, 5.74) is 2.84. The van der Waals surface area contributed by atoms with Crippen molar-refractivity contribution in [3.8, 4) is 11.4 Å². The lowest BCUT2D eigenvalue weighted by Gasteiger charge is -2.36. The second-order valence-corrected chi connectivity index (χ2v) is 7.52. The molecule has 4 aromatic rings. The number of hydrogen-bond acceptors (Lipinski definition) is 8. The van der Waals surface area contributed by atoms with Gasteiger partial charge in [-0.3, -0.25) is 10.1 Å². The molecule has 5 rings (SSSR count). The zero-order valence-electron chi connectivity index (χ0n) is 15.4. The van der Waals surface area contributed by atoms with Gasteiger partial charge in [-0.1, -0.05) is 0 Å². The van der Waals surface area contributed by atoms with Gasteiger partial charge in [0.2, 0.25) is 0 Å². The minimum absolute atomic E-state index is 0.111. The molecule has 3 aromatic heterocycles. The first-order valence-corrected chi connectivity index (χ1v) is 10.1. The van der Waals surface area contributed by atoms with Gasteiger partial charge in [-0.25, -0.2) is 0 Å². The molecule has 0 saturated carbocycles. The van der Waals surface area contributed by atoms with Crippen LogP contribution in [0, 0.1) is 10.1 Å². The Bertz CT molecular complexity index is 1150. The molecule has 0 atom stereocenters. The lowest BCUT2D eigenvalue weighted by Crippen LogP contribution is -2.47. The molecule has 146 valence electrons. The summed E-state index contributed by atoms with van der Waals surface area (Å²) in [6.07, 6.45) is 0. The van der Waals surface area contributed by atoms with E-state index in [0.717, 1.165) is 54.7 Å². The number of nitro groups is 1. The van der Waals surface area contributed by atoms with Crippen LogP contribution in [0.5, 0.6) is 0 Å².